The van der Waals surface area contributed by atoms with Crippen molar-refractivity contribution in [1.82, 2.24) is 9.97 Å². The van der Waals surface area contributed by atoms with Gasteiger partial charge in [0, 0.05) is 11.9 Å². The van der Waals surface area contributed by atoms with Crippen LogP contribution in [0.1, 0.15) is 17.1 Å². The van der Waals surface area contributed by atoms with Gasteiger partial charge in [0.05, 0.1) is 17.1 Å². The average Bonchev–Trinajstić information content (AvgIpc) is 2.36. The number of aromatic nitrogens is 2. The molecule has 0 atom stereocenters. The number of hydrogen-bond acceptors (Lipinski definition) is 5. The Bertz CT molecular complexity index is 729. The van der Waals surface area contributed by atoms with Gasteiger partial charge in [-0.05, 0) is 37.6 Å². The first-order chi connectivity index (χ1) is 9.36. The molecule has 0 fully saturated rings. The topological polar surface area (TPSA) is 98.0 Å². The van der Waals surface area contributed by atoms with Gasteiger partial charge in [0.2, 0.25) is 10.0 Å². The highest BCUT2D eigenvalue weighted by Gasteiger charge is 2.10. The van der Waals surface area contributed by atoms with Crippen LogP contribution < -0.4 is 10.5 Å². The molecule has 0 radical (unpaired) electrons. The van der Waals surface area contributed by atoms with E-state index in [9.17, 15) is 8.42 Å². The molecule has 1 heterocycles. The number of sulfonamides is 1. The summed E-state index contributed by atoms with van der Waals surface area (Å²) in [5, 5.41) is 8.29. The summed E-state index contributed by atoms with van der Waals surface area (Å²) in [6.07, 6.45) is 1.69. The van der Waals surface area contributed by atoms with Crippen LogP contribution in [0.15, 0.2) is 35.4 Å². The van der Waals surface area contributed by atoms with Gasteiger partial charge in [-0.1, -0.05) is 6.07 Å². The third-order valence-corrected chi connectivity index (χ3v) is 3.74. The number of nitrogens with zero attached hydrogens (tertiary/aromatic N) is 2. The van der Waals surface area contributed by atoms with Gasteiger partial charge in [-0.2, -0.15) is 0 Å². The Kier molecular flexibility index (Phi) is 4.01. The van der Waals surface area contributed by atoms with Gasteiger partial charge in [-0.3, -0.25) is 0 Å². The minimum Gasteiger partial charge on any atom is -0.379 e. The fourth-order valence-electron chi connectivity index (χ4n) is 1.76. The Balaban J connectivity index is 2.21. The summed E-state index contributed by atoms with van der Waals surface area (Å²) in [7, 11) is -3.70. The zero-order chi connectivity index (χ0) is 14.8. The van der Waals surface area contributed by atoms with Gasteiger partial charge in [-0.15, -0.1) is 0 Å². The molecule has 2 rings (SSSR count). The standard InChI is InChI=1S/C13H16N4O2S/c1-9-3-4-12(20(14,18)19)7-13(9)16-8-11-5-6-15-10(2)17-11/h3-7,16H,8H2,1-2H3,(H2,14,18,19). The first-order valence-electron chi connectivity index (χ1n) is 6.02. The number of aryl methyl sites for hydroxylation is 2. The van der Waals surface area contributed by atoms with Crippen LogP contribution in [0.2, 0.25) is 0 Å². The van der Waals surface area contributed by atoms with E-state index < -0.39 is 10.0 Å². The molecule has 0 unspecified atom stereocenters. The highest BCUT2D eigenvalue weighted by molar-refractivity contribution is 7.89. The maximum Gasteiger partial charge on any atom is 0.238 e. The van der Waals surface area contributed by atoms with Crippen LogP contribution >= 0.6 is 0 Å². The molecule has 106 valence electrons. The molecule has 20 heavy (non-hydrogen) atoms. The lowest BCUT2D eigenvalue weighted by Crippen LogP contribution is -2.13. The van der Waals surface area contributed by atoms with Crippen molar-refractivity contribution in [2.75, 3.05) is 5.32 Å². The van der Waals surface area contributed by atoms with Crippen molar-refractivity contribution in [1.29, 1.82) is 0 Å². The molecule has 2 aromatic rings. The third kappa shape index (κ3) is 3.52. The SMILES string of the molecule is Cc1nccc(CNc2cc(S(N)(=O)=O)ccc2C)n1. The minimum atomic E-state index is -3.70. The van der Waals surface area contributed by atoms with E-state index in [0.717, 1.165) is 11.3 Å². The lowest BCUT2D eigenvalue weighted by molar-refractivity contribution is 0.598. The van der Waals surface area contributed by atoms with E-state index in [0.29, 0.717) is 18.1 Å². The summed E-state index contributed by atoms with van der Waals surface area (Å²) in [5.74, 6) is 0.694. The highest BCUT2D eigenvalue weighted by Crippen LogP contribution is 2.19. The van der Waals surface area contributed by atoms with Crippen molar-refractivity contribution in [2.45, 2.75) is 25.3 Å². The molecule has 0 spiro atoms. The second-order valence-electron chi connectivity index (χ2n) is 4.47. The van der Waals surface area contributed by atoms with Crippen LogP contribution in [0, 0.1) is 13.8 Å². The first-order valence-corrected chi connectivity index (χ1v) is 7.57. The highest BCUT2D eigenvalue weighted by atomic mass is 32.2. The van der Waals surface area contributed by atoms with E-state index in [1.54, 1.807) is 18.3 Å². The van der Waals surface area contributed by atoms with E-state index in [4.69, 9.17) is 5.14 Å². The van der Waals surface area contributed by atoms with Gasteiger partial charge < -0.3 is 5.32 Å². The molecule has 0 aliphatic carbocycles. The summed E-state index contributed by atoms with van der Waals surface area (Å²) in [4.78, 5) is 8.38. The lowest BCUT2D eigenvalue weighted by atomic mass is 10.2. The monoisotopic (exact) mass is 292 g/mol. The van der Waals surface area contributed by atoms with Crippen molar-refractivity contribution in [3.05, 3.63) is 47.5 Å². The normalized spacial score (nSPS) is 11.3. The molecule has 0 bridgehead atoms. The molecule has 0 saturated heterocycles. The number of nitrogens with one attached hydrogen (secondary N) is 1. The lowest BCUT2D eigenvalue weighted by Gasteiger charge is -2.10. The number of rotatable bonds is 4. The van der Waals surface area contributed by atoms with Crippen molar-refractivity contribution >= 4 is 15.7 Å². The molecule has 0 aliphatic heterocycles. The summed E-state index contributed by atoms with van der Waals surface area (Å²) < 4.78 is 22.7. The molecule has 6 nitrogen and oxygen atoms in total. The minimum absolute atomic E-state index is 0.0875. The number of anilines is 1. The largest absolute Gasteiger partial charge is 0.379 e. The van der Waals surface area contributed by atoms with E-state index >= 15 is 0 Å². The smallest absolute Gasteiger partial charge is 0.238 e. The Morgan fingerprint density at radius 1 is 1.25 bits per heavy atom. The Labute approximate surface area is 118 Å². The molecule has 0 amide bonds. The van der Waals surface area contributed by atoms with Crippen LogP contribution in [0.3, 0.4) is 0 Å². The average molecular weight is 292 g/mol. The molecular formula is C13H16N4O2S. The van der Waals surface area contributed by atoms with Crippen molar-refractivity contribution in [3.63, 3.8) is 0 Å². The molecule has 0 aliphatic rings. The first kappa shape index (κ1) is 14.4. The molecular weight excluding hydrogens is 276 g/mol. The molecule has 7 heteroatoms. The Hall–Kier alpha value is -1.99. The van der Waals surface area contributed by atoms with Crippen LogP contribution in [0.25, 0.3) is 0 Å². The second kappa shape index (κ2) is 5.56. The molecule has 1 aromatic carbocycles. The predicted molar refractivity (Wildman–Crippen MR) is 76.6 cm³/mol. The van der Waals surface area contributed by atoms with Crippen LogP contribution in [0.4, 0.5) is 5.69 Å². The van der Waals surface area contributed by atoms with Crippen molar-refractivity contribution in [2.24, 2.45) is 5.14 Å². The summed E-state index contributed by atoms with van der Waals surface area (Å²) in [6.45, 7) is 4.19. The van der Waals surface area contributed by atoms with Crippen LogP contribution in [0.5, 0.6) is 0 Å². The zero-order valence-corrected chi connectivity index (χ0v) is 12.1. The van der Waals surface area contributed by atoms with Crippen LogP contribution in [-0.2, 0) is 16.6 Å². The zero-order valence-electron chi connectivity index (χ0n) is 11.3. The molecule has 3 N–H and O–H groups in total. The van der Waals surface area contributed by atoms with E-state index in [1.807, 2.05) is 13.8 Å². The maximum atomic E-state index is 11.3. The van der Waals surface area contributed by atoms with E-state index in [2.05, 4.69) is 15.3 Å². The molecule has 1 aromatic heterocycles. The van der Waals surface area contributed by atoms with Gasteiger partial charge in [0.25, 0.3) is 0 Å². The fourth-order valence-corrected chi connectivity index (χ4v) is 2.30. The number of hydrogen-bond donors (Lipinski definition) is 2. The predicted octanol–water partition coefficient (Wildman–Crippen LogP) is 1.35. The number of primary sulfonamides is 1. The fraction of sp³-hybridized carbons (Fsp3) is 0.231. The Morgan fingerprint density at radius 2 is 2.00 bits per heavy atom. The Morgan fingerprint density at radius 3 is 2.65 bits per heavy atom. The summed E-state index contributed by atoms with van der Waals surface area (Å²) in [5.41, 5.74) is 2.48. The van der Waals surface area contributed by atoms with E-state index in [-0.39, 0.29) is 4.90 Å². The quantitative estimate of drug-likeness (QED) is 0.886. The van der Waals surface area contributed by atoms with Gasteiger partial charge in [-0.25, -0.2) is 23.5 Å². The van der Waals surface area contributed by atoms with Crippen LogP contribution in [-0.4, -0.2) is 18.4 Å². The third-order valence-electron chi connectivity index (χ3n) is 2.83. The summed E-state index contributed by atoms with van der Waals surface area (Å²) >= 11 is 0. The second-order valence-corrected chi connectivity index (χ2v) is 6.03. The molecule has 0 saturated carbocycles. The number of benzene rings is 1. The summed E-state index contributed by atoms with van der Waals surface area (Å²) in [6, 6.07) is 6.54. The van der Waals surface area contributed by atoms with Crippen molar-refractivity contribution in [3.8, 4) is 0 Å². The van der Waals surface area contributed by atoms with Gasteiger partial charge in [0.1, 0.15) is 5.82 Å². The van der Waals surface area contributed by atoms with E-state index in [1.165, 1.54) is 12.1 Å². The van der Waals surface area contributed by atoms with Gasteiger partial charge >= 0.3 is 0 Å². The maximum absolute atomic E-state index is 11.3. The van der Waals surface area contributed by atoms with Crippen molar-refractivity contribution < 1.29 is 8.42 Å². The number of nitrogens with two attached hydrogens (primary N) is 1. The van der Waals surface area contributed by atoms with Gasteiger partial charge in [0.15, 0.2) is 0 Å².